The quantitative estimate of drug-likeness (QED) is 0.109. The highest BCUT2D eigenvalue weighted by Gasteiger charge is 2.40. The molecule has 63 heavy (non-hydrogen) atoms. The van der Waals surface area contributed by atoms with Crippen LogP contribution in [0, 0.1) is 0 Å². The normalized spacial score (nSPS) is 18.2. The fourth-order valence-corrected chi connectivity index (χ4v) is 9.94. The molecule has 2 saturated heterocycles. The van der Waals surface area contributed by atoms with E-state index in [-0.39, 0.29) is 39.8 Å². The molecular formula is C51H67N9O3. The second-order valence-corrected chi connectivity index (χ2v) is 20.8. The number of rotatable bonds is 9. The Morgan fingerprint density at radius 3 is 1.68 bits per heavy atom. The molecule has 4 N–H and O–H groups in total. The van der Waals surface area contributed by atoms with Crippen molar-refractivity contribution in [3.63, 3.8) is 0 Å². The Kier molecular flexibility index (Phi) is 12.7. The third-order valence-corrected chi connectivity index (χ3v) is 12.2. The molecule has 0 atom stereocenters. The van der Waals surface area contributed by atoms with Gasteiger partial charge in [0.1, 0.15) is 17.6 Å². The van der Waals surface area contributed by atoms with Crippen LogP contribution in [0.2, 0.25) is 0 Å². The van der Waals surface area contributed by atoms with Gasteiger partial charge in [-0.3, -0.25) is 9.97 Å². The second kappa shape index (κ2) is 17.6. The van der Waals surface area contributed by atoms with E-state index in [0.717, 1.165) is 77.3 Å². The SMILES string of the molecule is CC(C)c1cc2cc(O)c(-c3ccc(N(C)C4CC(C)(C)NC(C)(C)C4)nn3)cc2cn1.CCCc1cc2cc(O)c(-c3ccc(OC4CC(C)(C)NC(C)(C)C4)nn3)cc2cn1. The highest BCUT2D eigenvalue weighted by atomic mass is 16.5. The summed E-state index contributed by atoms with van der Waals surface area (Å²) in [4.78, 5) is 11.3. The number of pyridine rings is 2. The fourth-order valence-electron chi connectivity index (χ4n) is 9.94. The van der Waals surface area contributed by atoms with E-state index in [1.54, 1.807) is 12.1 Å². The minimum absolute atomic E-state index is 0.00169. The number of nitrogens with one attached hydrogen (secondary N) is 2. The number of hydrogen-bond donors (Lipinski definition) is 4. The lowest BCUT2D eigenvalue weighted by Crippen LogP contribution is -2.62. The molecule has 8 rings (SSSR count). The van der Waals surface area contributed by atoms with Crippen LogP contribution in [0.25, 0.3) is 44.1 Å². The molecule has 0 radical (unpaired) electrons. The van der Waals surface area contributed by atoms with Gasteiger partial charge in [0.2, 0.25) is 5.88 Å². The van der Waals surface area contributed by atoms with Gasteiger partial charge in [0.05, 0.1) is 11.4 Å². The van der Waals surface area contributed by atoms with Gasteiger partial charge in [-0.15, -0.1) is 20.4 Å². The topological polar surface area (TPSA) is 154 Å². The zero-order chi connectivity index (χ0) is 45.5. The van der Waals surface area contributed by atoms with Crippen LogP contribution in [-0.2, 0) is 6.42 Å². The van der Waals surface area contributed by atoms with E-state index in [4.69, 9.17) is 4.74 Å². The first-order valence-corrected chi connectivity index (χ1v) is 22.5. The van der Waals surface area contributed by atoms with E-state index in [0.29, 0.717) is 40.4 Å². The van der Waals surface area contributed by atoms with Gasteiger partial charge in [-0.05, 0) is 146 Å². The molecule has 0 aliphatic carbocycles. The third-order valence-electron chi connectivity index (χ3n) is 12.2. The minimum Gasteiger partial charge on any atom is -0.507 e. The maximum Gasteiger partial charge on any atom is 0.233 e. The van der Waals surface area contributed by atoms with E-state index in [1.165, 1.54) is 0 Å². The van der Waals surface area contributed by atoms with Crippen LogP contribution in [0.15, 0.2) is 73.1 Å². The number of phenols is 2. The number of hydrogen-bond acceptors (Lipinski definition) is 12. The Morgan fingerprint density at radius 1 is 0.651 bits per heavy atom. The molecular weight excluding hydrogens is 787 g/mol. The second-order valence-electron chi connectivity index (χ2n) is 20.8. The lowest BCUT2D eigenvalue weighted by molar-refractivity contribution is 0.0524. The lowest BCUT2D eigenvalue weighted by Gasteiger charge is -2.49. The van der Waals surface area contributed by atoms with Crippen LogP contribution >= 0.6 is 0 Å². The summed E-state index contributed by atoms with van der Waals surface area (Å²) in [5.41, 5.74) is 4.75. The molecule has 0 amide bonds. The molecule has 0 unspecified atom stereocenters. The van der Waals surface area contributed by atoms with Crippen molar-refractivity contribution < 1.29 is 14.9 Å². The fraction of sp³-hybridized carbons (Fsp3) is 0.490. The smallest absolute Gasteiger partial charge is 0.233 e. The number of aromatic hydroxyl groups is 2. The van der Waals surface area contributed by atoms with E-state index < -0.39 is 0 Å². The van der Waals surface area contributed by atoms with Crippen molar-refractivity contribution in [2.45, 2.75) is 155 Å². The van der Waals surface area contributed by atoms with E-state index in [1.807, 2.05) is 60.9 Å². The number of ether oxygens (including phenoxy) is 1. The number of nitrogens with zero attached hydrogens (tertiary/aromatic N) is 7. The van der Waals surface area contributed by atoms with Crippen LogP contribution in [0.5, 0.6) is 17.4 Å². The summed E-state index contributed by atoms with van der Waals surface area (Å²) in [5, 5.41) is 50.2. The average Bonchev–Trinajstić information content (AvgIpc) is 3.18. The Labute approximate surface area is 373 Å². The van der Waals surface area contributed by atoms with Gasteiger partial charge >= 0.3 is 0 Å². The molecule has 0 spiro atoms. The van der Waals surface area contributed by atoms with Crippen molar-refractivity contribution >= 4 is 27.4 Å². The standard InChI is InChI=1S/C26H35N5O.C25H32N4O2/c1-16(2)22-11-17-12-23(32)20(10-18(17)15-27-22)21-8-9-24(29-28-21)31(7)19-13-25(3,4)30-26(5,6)14-19;1-6-7-18-10-16-12-22(30)20(11-17(16)15-26-18)21-8-9-23(28-27-21)31-19-13-24(2,3)29-25(4,5)14-19/h8-12,15-16,19,30,32H,13-14H2,1-7H3;8-12,15,19,29-30H,6-7,13-14H2,1-5H3. The number of aromatic nitrogens is 6. The van der Waals surface area contributed by atoms with Crippen LogP contribution in [0.3, 0.4) is 0 Å². The van der Waals surface area contributed by atoms with Crippen molar-refractivity contribution in [1.82, 2.24) is 41.0 Å². The molecule has 334 valence electrons. The zero-order valence-corrected chi connectivity index (χ0v) is 39.3. The summed E-state index contributed by atoms with van der Waals surface area (Å²) in [6.07, 6.45) is 9.63. The molecule has 2 aliphatic heterocycles. The summed E-state index contributed by atoms with van der Waals surface area (Å²) < 4.78 is 6.17. The summed E-state index contributed by atoms with van der Waals surface area (Å²) in [5.74, 6) is 2.08. The first kappa shape index (κ1) is 45.6. The Morgan fingerprint density at radius 2 is 1.17 bits per heavy atom. The highest BCUT2D eigenvalue weighted by molar-refractivity contribution is 5.90. The van der Waals surface area contributed by atoms with E-state index in [9.17, 15) is 10.2 Å². The molecule has 2 aromatic carbocycles. The summed E-state index contributed by atoms with van der Waals surface area (Å²) in [6, 6.07) is 19.5. The van der Waals surface area contributed by atoms with Gasteiger partial charge in [0, 0.05) is 99.8 Å². The lowest BCUT2D eigenvalue weighted by atomic mass is 9.79. The number of benzene rings is 2. The van der Waals surface area contributed by atoms with Gasteiger partial charge in [-0.1, -0.05) is 27.2 Å². The number of phenolic OH excluding ortho intramolecular Hbond substituents is 2. The third kappa shape index (κ3) is 11.0. The Hall–Kier alpha value is -5.46. The summed E-state index contributed by atoms with van der Waals surface area (Å²) in [7, 11) is 2.09. The molecule has 0 bridgehead atoms. The summed E-state index contributed by atoms with van der Waals surface area (Å²) in [6.45, 7) is 24.2. The molecule has 0 saturated carbocycles. The predicted molar refractivity (Wildman–Crippen MR) is 255 cm³/mol. The van der Waals surface area contributed by atoms with Crippen LogP contribution in [-0.4, -0.2) is 81.9 Å². The molecule has 2 fully saturated rings. The molecule has 12 heteroatoms. The van der Waals surface area contributed by atoms with Crippen molar-refractivity contribution in [2.75, 3.05) is 11.9 Å². The van der Waals surface area contributed by atoms with Gasteiger partial charge < -0.3 is 30.5 Å². The van der Waals surface area contributed by atoms with Gasteiger partial charge in [-0.25, -0.2) is 0 Å². The molecule has 12 nitrogen and oxygen atoms in total. The molecule has 4 aromatic heterocycles. The number of anilines is 1. The molecule has 2 aliphatic rings. The Bertz CT molecular complexity index is 2520. The maximum absolute atomic E-state index is 10.7. The van der Waals surface area contributed by atoms with Gasteiger partial charge in [0.25, 0.3) is 0 Å². The number of aryl methyl sites for hydroxylation is 1. The highest BCUT2D eigenvalue weighted by Crippen LogP contribution is 2.37. The van der Waals surface area contributed by atoms with Crippen molar-refractivity contribution in [3.05, 3.63) is 84.4 Å². The Balaban J connectivity index is 0.000000189. The van der Waals surface area contributed by atoms with Crippen LogP contribution < -0.4 is 20.3 Å². The minimum atomic E-state index is 0.00169. The molecule has 6 heterocycles. The van der Waals surface area contributed by atoms with Crippen molar-refractivity contribution in [3.8, 4) is 39.9 Å². The van der Waals surface area contributed by atoms with Crippen LogP contribution in [0.1, 0.15) is 126 Å². The molecule has 6 aromatic rings. The van der Waals surface area contributed by atoms with Gasteiger partial charge in [-0.2, -0.15) is 0 Å². The van der Waals surface area contributed by atoms with Crippen molar-refractivity contribution in [1.29, 1.82) is 0 Å². The monoisotopic (exact) mass is 854 g/mol. The maximum atomic E-state index is 10.7. The van der Waals surface area contributed by atoms with Crippen LogP contribution in [0.4, 0.5) is 5.82 Å². The first-order valence-electron chi connectivity index (χ1n) is 22.5. The van der Waals surface area contributed by atoms with Crippen molar-refractivity contribution in [2.24, 2.45) is 0 Å². The summed E-state index contributed by atoms with van der Waals surface area (Å²) >= 11 is 0. The number of piperidine rings is 2. The number of fused-ring (bicyclic) bond motifs is 2. The first-order chi connectivity index (χ1) is 29.6. The zero-order valence-electron chi connectivity index (χ0n) is 39.3. The predicted octanol–water partition coefficient (Wildman–Crippen LogP) is 10.3. The van der Waals surface area contributed by atoms with Gasteiger partial charge in [0.15, 0.2) is 5.82 Å². The van der Waals surface area contributed by atoms with E-state index in [2.05, 4.69) is 129 Å². The average molecular weight is 854 g/mol. The van der Waals surface area contributed by atoms with E-state index >= 15 is 0 Å². The largest absolute Gasteiger partial charge is 0.507 e.